The fourth-order valence-corrected chi connectivity index (χ4v) is 1.91. The molecule has 0 radical (unpaired) electrons. The predicted octanol–water partition coefficient (Wildman–Crippen LogP) is -0.0217. The number of nitrogens with zero attached hydrogens (tertiary/aromatic N) is 1. The highest BCUT2D eigenvalue weighted by atomic mass is 16.4. The molecule has 0 aromatic rings. The lowest BCUT2D eigenvalue weighted by Crippen LogP contribution is -2.45. The Morgan fingerprint density at radius 1 is 1.41 bits per heavy atom. The van der Waals surface area contributed by atoms with Crippen LogP contribution in [0.4, 0.5) is 0 Å². The van der Waals surface area contributed by atoms with Gasteiger partial charge in [0.2, 0.25) is 11.8 Å². The van der Waals surface area contributed by atoms with Crippen molar-refractivity contribution in [1.82, 2.24) is 10.2 Å². The Morgan fingerprint density at radius 3 is 2.71 bits per heavy atom. The molecule has 17 heavy (non-hydrogen) atoms. The van der Waals surface area contributed by atoms with Crippen molar-refractivity contribution in [3.05, 3.63) is 0 Å². The third-order valence-corrected chi connectivity index (χ3v) is 2.77. The molecule has 6 heteroatoms. The lowest BCUT2D eigenvalue weighted by Gasteiger charge is -2.21. The number of carboxylic acid groups (broad SMARTS) is 1. The van der Waals surface area contributed by atoms with E-state index in [0.717, 1.165) is 6.42 Å². The number of rotatable bonds is 5. The summed E-state index contributed by atoms with van der Waals surface area (Å²) in [4.78, 5) is 35.1. The Hall–Kier alpha value is -1.59. The zero-order valence-corrected chi connectivity index (χ0v) is 9.94. The van der Waals surface area contributed by atoms with Crippen molar-refractivity contribution < 1.29 is 19.5 Å². The number of carbonyl (C=O) groups is 3. The molecule has 1 aliphatic heterocycles. The fourth-order valence-electron chi connectivity index (χ4n) is 1.91. The number of nitrogens with one attached hydrogen (secondary N) is 1. The Bertz CT molecular complexity index is 317. The molecule has 1 heterocycles. The Labute approximate surface area is 100.0 Å². The summed E-state index contributed by atoms with van der Waals surface area (Å²) in [5.74, 6) is -1.47. The Kier molecular flexibility index (Phi) is 4.93. The summed E-state index contributed by atoms with van der Waals surface area (Å²) in [5, 5.41) is 11.4. The lowest BCUT2D eigenvalue weighted by atomic mass is 10.2. The molecule has 1 unspecified atom stereocenters. The van der Waals surface area contributed by atoms with Gasteiger partial charge in [0.15, 0.2) is 0 Å². The molecular weight excluding hydrogens is 224 g/mol. The molecule has 2 N–H and O–H groups in total. The standard InChI is InChI=1S/C11H18N2O4/c1-2-4-9(14)12-7-10(15)13-6-3-5-8(13)11(16)17/h8H,2-7H2,1H3,(H,12,14)(H,16,17). The summed E-state index contributed by atoms with van der Waals surface area (Å²) in [6.07, 6.45) is 2.30. The van der Waals surface area contributed by atoms with Gasteiger partial charge in [0.1, 0.15) is 6.04 Å². The number of likely N-dealkylation sites (tertiary alicyclic amines) is 1. The SMILES string of the molecule is CCCC(=O)NCC(=O)N1CCCC1C(=O)O. The summed E-state index contributed by atoms with van der Waals surface area (Å²) in [7, 11) is 0. The number of hydrogen-bond acceptors (Lipinski definition) is 3. The molecule has 1 aliphatic rings. The van der Waals surface area contributed by atoms with Gasteiger partial charge in [0.25, 0.3) is 0 Å². The van der Waals surface area contributed by atoms with E-state index in [4.69, 9.17) is 5.11 Å². The molecular formula is C11H18N2O4. The molecule has 0 bridgehead atoms. The summed E-state index contributed by atoms with van der Waals surface area (Å²) < 4.78 is 0. The maximum absolute atomic E-state index is 11.7. The van der Waals surface area contributed by atoms with Crippen LogP contribution in [0.25, 0.3) is 0 Å². The van der Waals surface area contributed by atoms with Gasteiger partial charge in [-0.2, -0.15) is 0 Å². The van der Waals surface area contributed by atoms with Crippen molar-refractivity contribution in [3.8, 4) is 0 Å². The molecule has 1 atom stereocenters. The molecule has 6 nitrogen and oxygen atoms in total. The van der Waals surface area contributed by atoms with Crippen molar-refractivity contribution in [2.45, 2.75) is 38.6 Å². The topological polar surface area (TPSA) is 86.7 Å². The molecule has 96 valence electrons. The van der Waals surface area contributed by atoms with Crippen molar-refractivity contribution >= 4 is 17.8 Å². The van der Waals surface area contributed by atoms with Gasteiger partial charge < -0.3 is 15.3 Å². The van der Waals surface area contributed by atoms with Crippen LogP contribution in [-0.2, 0) is 14.4 Å². The molecule has 1 saturated heterocycles. The first-order chi connectivity index (χ1) is 8.06. The molecule has 1 rings (SSSR count). The number of carboxylic acids is 1. The van der Waals surface area contributed by atoms with E-state index in [0.29, 0.717) is 25.8 Å². The van der Waals surface area contributed by atoms with Crippen molar-refractivity contribution in [2.75, 3.05) is 13.1 Å². The minimum Gasteiger partial charge on any atom is -0.480 e. The van der Waals surface area contributed by atoms with Crippen molar-refractivity contribution in [2.24, 2.45) is 0 Å². The number of aliphatic carboxylic acids is 1. The predicted molar refractivity (Wildman–Crippen MR) is 60.3 cm³/mol. The summed E-state index contributed by atoms with van der Waals surface area (Å²) in [6.45, 7) is 2.23. The zero-order valence-electron chi connectivity index (χ0n) is 9.94. The minimum atomic E-state index is -0.976. The van der Waals surface area contributed by atoms with Crippen LogP contribution < -0.4 is 5.32 Å². The second-order valence-electron chi connectivity index (χ2n) is 4.11. The van der Waals surface area contributed by atoms with E-state index in [1.807, 2.05) is 6.92 Å². The number of carbonyl (C=O) groups excluding carboxylic acids is 2. The molecule has 2 amide bonds. The highest BCUT2D eigenvalue weighted by molar-refractivity contribution is 5.88. The van der Waals surface area contributed by atoms with E-state index in [9.17, 15) is 14.4 Å². The number of amides is 2. The van der Waals surface area contributed by atoms with Gasteiger partial charge in [-0.15, -0.1) is 0 Å². The second-order valence-corrected chi connectivity index (χ2v) is 4.11. The quantitative estimate of drug-likeness (QED) is 0.709. The summed E-state index contributed by atoms with van der Waals surface area (Å²) in [5.41, 5.74) is 0. The smallest absolute Gasteiger partial charge is 0.326 e. The third-order valence-electron chi connectivity index (χ3n) is 2.77. The van der Waals surface area contributed by atoms with E-state index in [2.05, 4.69) is 5.32 Å². The van der Waals surface area contributed by atoms with Crippen molar-refractivity contribution in [3.63, 3.8) is 0 Å². The van der Waals surface area contributed by atoms with Crippen LogP contribution in [0.1, 0.15) is 32.6 Å². The first-order valence-electron chi connectivity index (χ1n) is 5.85. The Balaban J connectivity index is 2.42. The van der Waals surface area contributed by atoms with Gasteiger partial charge in [-0.25, -0.2) is 4.79 Å². The van der Waals surface area contributed by atoms with Gasteiger partial charge in [-0.1, -0.05) is 6.92 Å². The van der Waals surface area contributed by atoms with Gasteiger partial charge in [0, 0.05) is 13.0 Å². The first-order valence-corrected chi connectivity index (χ1v) is 5.85. The summed E-state index contributed by atoms with van der Waals surface area (Å²) >= 11 is 0. The van der Waals surface area contributed by atoms with Crippen LogP contribution in [0.2, 0.25) is 0 Å². The zero-order chi connectivity index (χ0) is 12.8. The molecule has 0 saturated carbocycles. The van der Waals surface area contributed by atoms with Gasteiger partial charge in [0.05, 0.1) is 6.54 Å². The van der Waals surface area contributed by atoms with Crippen LogP contribution in [0.15, 0.2) is 0 Å². The van der Waals surface area contributed by atoms with Crippen LogP contribution in [-0.4, -0.2) is 46.9 Å². The van der Waals surface area contributed by atoms with Crippen molar-refractivity contribution in [1.29, 1.82) is 0 Å². The molecule has 0 aromatic heterocycles. The van der Waals surface area contributed by atoms with Crippen LogP contribution in [0.5, 0.6) is 0 Å². The monoisotopic (exact) mass is 242 g/mol. The Morgan fingerprint density at radius 2 is 2.12 bits per heavy atom. The largest absolute Gasteiger partial charge is 0.480 e. The molecule has 0 spiro atoms. The lowest BCUT2D eigenvalue weighted by molar-refractivity contribution is -0.148. The second kappa shape index (κ2) is 6.22. The van der Waals surface area contributed by atoms with Crippen LogP contribution in [0.3, 0.4) is 0 Å². The van der Waals surface area contributed by atoms with Crippen LogP contribution in [0, 0.1) is 0 Å². The maximum Gasteiger partial charge on any atom is 0.326 e. The maximum atomic E-state index is 11.7. The van der Waals surface area contributed by atoms with E-state index in [1.165, 1.54) is 4.90 Å². The fraction of sp³-hybridized carbons (Fsp3) is 0.727. The highest BCUT2D eigenvalue weighted by Crippen LogP contribution is 2.17. The van der Waals surface area contributed by atoms with E-state index in [1.54, 1.807) is 0 Å². The highest BCUT2D eigenvalue weighted by Gasteiger charge is 2.33. The molecule has 0 aliphatic carbocycles. The van der Waals surface area contributed by atoms with Crippen LogP contribution >= 0.6 is 0 Å². The minimum absolute atomic E-state index is 0.109. The average Bonchev–Trinajstić information content (AvgIpc) is 2.75. The van der Waals surface area contributed by atoms with E-state index < -0.39 is 12.0 Å². The normalized spacial score (nSPS) is 19.1. The average molecular weight is 242 g/mol. The molecule has 1 fully saturated rings. The van der Waals surface area contributed by atoms with E-state index >= 15 is 0 Å². The van der Waals surface area contributed by atoms with Gasteiger partial charge >= 0.3 is 5.97 Å². The number of hydrogen-bond donors (Lipinski definition) is 2. The first kappa shape index (κ1) is 13.5. The van der Waals surface area contributed by atoms with Gasteiger partial charge in [-0.3, -0.25) is 9.59 Å². The summed E-state index contributed by atoms with van der Waals surface area (Å²) in [6, 6.07) is -0.731. The third kappa shape index (κ3) is 3.72. The molecule has 0 aromatic carbocycles. The van der Waals surface area contributed by atoms with E-state index in [-0.39, 0.29) is 18.4 Å². The van der Waals surface area contributed by atoms with Gasteiger partial charge in [-0.05, 0) is 19.3 Å².